The first-order valence-electron chi connectivity index (χ1n) is 8.39. The molecule has 2 saturated heterocycles. The van der Waals surface area contributed by atoms with Crippen LogP contribution in [0.1, 0.15) is 44.9 Å². The molecular formula is C16H31N3. The smallest absolute Gasteiger partial charge is 0.0223 e. The second kappa shape index (κ2) is 6.11. The van der Waals surface area contributed by atoms with Crippen LogP contribution in [-0.4, -0.2) is 61.7 Å². The maximum absolute atomic E-state index is 3.52. The number of likely N-dealkylation sites (tertiary alicyclic amines) is 1. The maximum atomic E-state index is 3.52. The number of nitrogens with one attached hydrogen (secondary N) is 1. The molecule has 3 fully saturated rings. The summed E-state index contributed by atoms with van der Waals surface area (Å²) in [4.78, 5) is 5.41. The Kier molecular flexibility index (Phi) is 4.45. The van der Waals surface area contributed by atoms with Crippen LogP contribution in [0, 0.1) is 5.92 Å². The first-order chi connectivity index (χ1) is 9.28. The summed E-state index contributed by atoms with van der Waals surface area (Å²) in [5.74, 6) is 0.933. The molecule has 3 heteroatoms. The van der Waals surface area contributed by atoms with Gasteiger partial charge in [0, 0.05) is 24.7 Å². The second-order valence-electron chi connectivity index (χ2n) is 7.01. The molecule has 0 aromatic rings. The Bertz CT molecular complexity index is 294. The van der Waals surface area contributed by atoms with Gasteiger partial charge in [0.25, 0.3) is 0 Å². The van der Waals surface area contributed by atoms with Crippen LogP contribution >= 0.6 is 0 Å². The van der Waals surface area contributed by atoms with Gasteiger partial charge in [0.05, 0.1) is 0 Å². The van der Waals surface area contributed by atoms with Crippen molar-refractivity contribution in [3.8, 4) is 0 Å². The lowest BCUT2D eigenvalue weighted by molar-refractivity contribution is 0.206. The van der Waals surface area contributed by atoms with E-state index in [1.165, 1.54) is 64.6 Å². The van der Waals surface area contributed by atoms with Crippen molar-refractivity contribution in [2.24, 2.45) is 5.92 Å². The summed E-state index contributed by atoms with van der Waals surface area (Å²) in [5, 5.41) is 3.52. The molecule has 0 aromatic heterocycles. The number of hydrogen-bond acceptors (Lipinski definition) is 3. The number of fused-ring (bicyclic) bond motifs is 2. The van der Waals surface area contributed by atoms with Crippen LogP contribution in [0.15, 0.2) is 0 Å². The van der Waals surface area contributed by atoms with Gasteiger partial charge in [-0.1, -0.05) is 6.42 Å². The van der Waals surface area contributed by atoms with E-state index in [0.29, 0.717) is 0 Å². The third kappa shape index (κ3) is 2.98. The molecule has 1 N–H and O–H groups in total. The largest absolute Gasteiger partial charge is 0.317 e. The lowest BCUT2D eigenvalue weighted by Crippen LogP contribution is -2.38. The molecule has 3 nitrogen and oxygen atoms in total. The van der Waals surface area contributed by atoms with Crippen molar-refractivity contribution in [2.75, 3.05) is 33.7 Å². The highest BCUT2D eigenvalue weighted by molar-refractivity contribution is 4.91. The van der Waals surface area contributed by atoms with E-state index in [-0.39, 0.29) is 0 Å². The third-order valence-electron chi connectivity index (χ3n) is 6.08. The zero-order valence-corrected chi connectivity index (χ0v) is 12.8. The molecule has 2 aliphatic heterocycles. The summed E-state index contributed by atoms with van der Waals surface area (Å²) >= 11 is 0. The molecule has 0 spiro atoms. The molecule has 110 valence electrons. The van der Waals surface area contributed by atoms with E-state index < -0.39 is 0 Å². The molecule has 4 atom stereocenters. The van der Waals surface area contributed by atoms with Crippen molar-refractivity contribution in [3.63, 3.8) is 0 Å². The molecule has 3 aliphatic rings. The molecule has 0 amide bonds. The minimum Gasteiger partial charge on any atom is -0.317 e. The molecule has 0 aromatic carbocycles. The summed E-state index contributed by atoms with van der Waals surface area (Å²) in [6.45, 7) is 3.99. The SMILES string of the molecule is CNC1CCCC1CCN1CCC2CCC(C1)N2C. The lowest BCUT2D eigenvalue weighted by atomic mass is 9.99. The van der Waals surface area contributed by atoms with E-state index in [1.54, 1.807) is 0 Å². The molecule has 1 aliphatic carbocycles. The van der Waals surface area contributed by atoms with Gasteiger partial charge in [-0.15, -0.1) is 0 Å². The predicted octanol–water partition coefficient (Wildman–Crippen LogP) is 1.93. The van der Waals surface area contributed by atoms with Crippen LogP contribution in [0.25, 0.3) is 0 Å². The van der Waals surface area contributed by atoms with Gasteiger partial charge in [-0.05, 0) is 71.6 Å². The van der Waals surface area contributed by atoms with Gasteiger partial charge < -0.3 is 10.2 Å². The van der Waals surface area contributed by atoms with Gasteiger partial charge in [0.15, 0.2) is 0 Å². The fraction of sp³-hybridized carbons (Fsp3) is 1.00. The van der Waals surface area contributed by atoms with Crippen LogP contribution in [0.4, 0.5) is 0 Å². The summed E-state index contributed by atoms with van der Waals surface area (Å²) in [6.07, 6.45) is 9.96. The van der Waals surface area contributed by atoms with Gasteiger partial charge >= 0.3 is 0 Å². The summed E-state index contributed by atoms with van der Waals surface area (Å²) < 4.78 is 0. The van der Waals surface area contributed by atoms with E-state index >= 15 is 0 Å². The minimum absolute atomic E-state index is 0.797. The van der Waals surface area contributed by atoms with Gasteiger partial charge in [-0.25, -0.2) is 0 Å². The first-order valence-corrected chi connectivity index (χ1v) is 8.39. The fourth-order valence-corrected chi connectivity index (χ4v) is 4.69. The van der Waals surface area contributed by atoms with Crippen molar-refractivity contribution in [2.45, 2.75) is 63.1 Å². The molecule has 0 radical (unpaired) electrons. The van der Waals surface area contributed by atoms with Crippen molar-refractivity contribution < 1.29 is 0 Å². The Morgan fingerprint density at radius 3 is 2.74 bits per heavy atom. The molecule has 3 rings (SSSR count). The van der Waals surface area contributed by atoms with E-state index in [2.05, 4.69) is 29.2 Å². The molecule has 1 saturated carbocycles. The molecule has 4 unspecified atom stereocenters. The predicted molar refractivity (Wildman–Crippen MR) is 80.4 cm³/mol. The van der Waals surface area contributed by atoms with Crippen molar-refractivity contribution >= 4 is 0 Å². The van der Waals surface area contributed by atoms with Crippen molar-refractivity contribution in [1.29, 1.82) is 0 Å². The zero-order valence-electron chi connectivity index (χ0n) is 12.8. The molecule has 19 heavy (non-hydrogen) atoms. The number of likely N-dealkylation sites (N-methyl/N-ethyl adjacent to an activating group) is 1. The zero-order chi connectivity index (χ0) is 13.2. The second-order valence-corrected chi connectivity index (χ2v) is 7.01. The van der Waals surface area contributed by atoms with Crippen LogP contribution in [-0.2, 0) is 0 Å². The molecular weight excluding hydrogens is 234 g/mol. The van der Waals surface area contributed by atoms with Gasteiger partial charge in [-0.3, -0.25) is 4.90 Å². The van der Waals surface area contributed by atoms with E-state index in [9.17, 15) is 0 Å². The van der Waals surface area contributed by atoms with Gasteiger partial charge in [0.1, 0.15) is 0 Å². The average molecular weight is 265 g/mol. The number of rotatable bonds is 4. The highest BCUT2D eigenvalue weighted by Gasteiger charge is 2.35. The Labute approximate surface area is 118 Å². The highest BCUT2D eigenvalue weighted by atomic mass is 15.3. The van der Waals surface area contributed by atoms with E-state index in [4.69, 9.17) is 0 Å². The monoisotopic (exact) mass is 265 g/mol. The van der Waals surface area contributed by atoms with Crippen molar-refractivity contribution in [3.05, 3.63) is 0 Å². The van der Waals surface area contributed by atoms with Crippen LogP contribution in [0.3, 0.4) is 0 Å². The summed E-state index contributed by atoms with van der Waals surface area (Å²) in [5.41, 5.74) is 0. The molecule has 2 heterocycles. The standard InChI is InChI=1S/C16H31N3/c1-17-16-5-3-4-13(16)8-10-19-11-9-14-6-7-15(12-19)18(14)2/h13-17H,3-12H2,1-2H3. The van der Waals surface area contributed by atoms with E-state index in [0.717, 1.165) is 24.0 Å². The topological polar surface area (TPSA) is 18.5 Å². The summed E-state index contributed by atoms with van der Waals surface area (Å²) in [7, 11) is 4.49. The average Bonchev–Trinajstić information content (AvgIpc) is 2.94. The van der Waals surface area contributed by atoms with Crippen LogP contribution < -0.4 is 5.32 Å². The number of hydrogen-bond donors (Lipinski definition) is 1. The van der Waals surface area contributed by atoms with Gasteiger partial charge in [0.2, 0.25) is 0 Å². The summed E-state index contributed by atoms with van der Waals surface area (Å²) in [6, 6.07) is 2.52. The first kappa shape index (κ1) is 13.8. The lowest BCUT2D eigenvalue weighted by Gasteiger charge is -2.28. The Morgan fingerprint density at radius 1 is 1.05 bits per heavy atom. The Balaban J connectivity index is 1.48. The Hall–Kier alpha value is -0.120. The van der Waals surface area contributed by atoms with Crippen LogP contribution in [0.5, 0.6) is 0 Å². The third-order valence-corrected chi connectivity index (χ3v) is 6.08. The highest BCUT2D eigenvalue weighted by Crippen LogP contribution is 2.31. The normalized spacial score (nSPS) is 40.7. The van der Waals surface area contributed by atoms with Crippen molar-refractivity contribution in [1.82, 2.24) is 15.1 Å². The fourth-order valence-electron chi connectivity index (χ4n) is 4.69. The maximum Gasteiger partial charge on any atom is 0.0223 e. The number of nitrogens with zero attached hydrogens (tertiary/aromatic N) is 2. The minimum atomic E-state index is 0.797. The van der Waals surface area contributed by atoms with E-state index in [1.807, 2.05) is 0 Å². The quantitative estimate of drug-likeness (QED) is 0.838. The van der Waals surface area contributed by atoms with Crippen LogP contribution in [0.2, 0.25) is 0 Å². The Morgan fingerprint density at radius 2 is 1.89 bits per heavy atom. The van der Waals surface area contributed by atoms with Gasteiger partial charge in [-0.2, -0.15) is 0 Å². The molecule has 2 bridgehead atoms.